The molecule has 0 bridgehead atoms. The van der Waals surface area contributed by atoms with Gasteiger partial charge >= 0.3 is 6.55 Å². The van der Waals surface area contributed by atoms with Crippen molar-refractivity contribution in [2.45, 2.75) is 31.7 Å². The molecular weight excluding hydrogens is 488 g/mol. The maximum atomic E-state index is 13.5. The molecule has 35 heavy (non-hydrogen) atoms. The highest BCUT2D eigenvalue weighted by Gasteiger charge is 2.33. The molecule has 0 spiro atoms. The molecule has 1 aromatic carbocycles. The maximum Gasteiger partial charge on any atom is 0.333 e. The van der Waals surface area contributed by atoms with Crippen molar-refractivity contribution in [2.75, 3.05) is 38.6 Å². The molecule has 1 aliphatic rings. The predicted octanol–water partition coefficient (Wildman–Crippen LogP) is 5.13. The highest BCUT2D eigenvalue weighted by Crippen LogP contribution is 2.30. The van der Waals surface area contributed by atoms with Crippen LogP contribution in [0.3, 0.4) is 0 Å². The Hall–Kier alpha value is -2.92. The summed E-state index contributed by atoms with van der Waals surface area (Å²) in [5.74, 6) is -1.77. The largest absolute Gasteiger partial charge is 0.492 e. The number of hydrogen-bond donors (Lipinski definition) is 1. The topological polar surface area (TPSA) is 68.1 Å². The molecule has 0 saturated carbocycles. The second-order valence-electron chi connectivity index (χ2n) is 8.24. The van der Waals surface area contributed by atoms with E-state index in [0.29, 0.717) is 47.9 Å². The summed E-state index contributed by atoms with van der Waals surface area (Å²) in [6, 6.07) is 8.73. The minimum atomic E-state index is -2.83. The predicted molar refractivity (Wildman–Crippen MR) is 124 cm³/mol. The van der Waals surface area contributed by atoms with Gasteiger partial charge in [-0.15, -0.1) is 0 Å². The lowest BCUT2D eigenvalue weighted by atomic mass is 10.0. The quantitative estimate of drug-likeness (QED) is 0.317. The summed E-state index contributed by atoms with van der Waals surface area (Å²) >= 11 is 6.08. The van der Waals surface area contributed by atoms with Gasteiger partial charge in [0.15, 0.2) is 0 Å². The monoisotopic (exact) mass is 512 g/mol. The SMILES string of the molecule is CNc1nc(Cl)cc(-c2nn(C(F)F)cc2Cc2ccccc2OCCN2CCC(F)(F)CC2)n1. The Bertz CT molecular complexity index is 1150. The standard InChI is InChI=1S/C23H25ClF4N6O/c1-29-22-30-17(13-19(24)31-22)20-16(14-34(32-20)21(25)26)12-15-4-2-3-5-18(15)35-11-10-33-8-6-23(27,28)7-9-33/h2-5,13-14,21H,6-12H2,1H3,(H,29,30,31). The van der Waals surface area contributed by atoms with Crippen LogP contribution in [0.2, 0.25) is 5.15 Å². The maximum absolute atomic E-state index is 13.5. The van der Waals surface area contributed by atoms with Crippen molar-refractivity contribution in [3.05, 3.63) is 52.8 Å². The molecule has 7 nitrogen and oxygen atoms in total. The van der Waals surface area contributed by atoms with Gasteiger partial charge in [-0.1, -0.05) is 29.8 Å². The molecule has 1 saturated heterocycles. The molecule has 1 N–H and O–H groups in total. The second-order valence-corrected chi connectivity index (χ2v) is 8.63. The molecule has 0 atom stereocenters. The highest BCUT2D eigenvalue weighted by molar-refractivity contribution is 6.29. The number of benzene rings is 1. The van der Waals surface area contributed by atoms with Crippen LogP contribution in [0.4, 0.5) is 23.5 Å². The summed E-state index contributed by atoms with van der Waals surface area (Å²) in [6.45, 7) is -1.34. The molecule has 3 heterocycles. The van der Waals surface area contributed by atoms with Crippen molar-refractivity contribution in [2.24, 2.45) is 0 Å². The zero-order valence-corrected chi connectivity index (χ0v) is 19.8. The van der Waals surface area contributed by atoms with Crippen molar-refractivity contribution in [3.63, 3.8) is 0 Å². The first kappa shape index (κ1) is 25.2. The number of alkyl halides is 4. The molecule has 0 unspecified atom stereocenters. The van der Waals surface area contributed by atoms with Crippen molar-refractivity contribution >= 4 is 17.5 Å². The Kier molecular flexibility index (Phi) is 7.75. The zero-order chi connectivity index (χ0) is 25.0. The van der Waals surface area contributed by atoms with Crippen molar-refractivity contribution in [1.82, 2.24) is 24.6 Å². The first-order chi connectivity index (χ1) is 16.7. The molecule has 3 aromatic rings. The third-order valence-corrected chi connectivity index (χ3v) is 5.97. The van der Waals surface area contributed by atoms with Crippen LogP contribution in [0.5, 0.6) is 5.75 Å². The number of nitrogens with one attached hydrogen (secondary N) is 1. The number of hydrogen-bond acceptors (Lipinski definition) is 6. The van der Waals surface area contributed by atoms with Gasteiger partial charge in [0.1, 0.15) is 23.2 Å². The Morgan fingerprint density at radius 2 is 1.89 bits per heavy atom. The van der Waals surface area contributed by atoms with E-state index in [2.05, 4.69) is 20.4 Å². The highest BCUT2D eigenvalue weighted by atomic mass is 35.5. The van der Waals surface area contributed by atoms with Gasteiger partial charge in [0.2, 0.25) is 5.95 Å². The smallest absolute Gasteiger partial charge is 0.333 e. The van der Waals surface area contributed by atoms with E-state index in [1.807, 2.05) is 23.1 Å². The molecular formula is C23H25ClF4N6O. The van der Waals surface area contributed by atoms with Gasteiger partial charge in [-0.25, -0.2) is 23.4 Å². The van der Waals surface area contributed by atoms with Gasteiger partial charge in [0, 0.05) is 63.8 Å². The molecule has 1 aliphatic heterocycles. The Morgan fingerprint density at radius 1 is 1.14 bits per heavy atom. The molecule has 2 aromatic heterocycles. The fourth-order valence-electron chi connectivity index (χ4n) is 3.91. The van der Waals surface area contributed by atoms with E-state index < -0.39 is 12.5 Å². The average molecular weight is 513 g/mol. The summed E-state index contributed by atoms with van der Waals surface area (Å²) in [7, 11) is 1.62. The van der Waals surface area contributed by atoms with Crippen LogP contribution in [0.15, 0.2) is 36.5 Å². The number of anilines is 1. The number of para-hydroxylation sites is 1. The third kappa shape index (κ3) is 6.40. The van der Waals surface area contributed by atoms with Crippen LogP contribution in [0, 0.1) is 0 Å². The number of ether oxygens (including phenoxy) is 1. The normalized spacial score (nSPS) is 16.0. The first-order valence-corrected chi connectivity index (χ1v) is 11.5. The van der Waals surface area contributed by atoms with E-state index in [1.165, 1.54) is 12.3 Å². The van der Waals surface area contributed by atoms with Crippen LogP contribution in [-0.2, 0) is 6.42 Å². The minimum absolute atomic E-state index is 0.149. The van der Waals surface area contributed by atoms with Crippen LogP contribution in [0.25, 0.3) is 11.4 Å². The molecule has 12 heteroatoms. The van der Waals surface area contributed by atoms with Gasteiger partial charge in [0.25, 0.3) is 5.92 Å². The van der Waals surface area contributed by atoms with E-state index >= 15 is 0 Å². The Labute approximate surface area is 205 Å². The summed E-state index contributed by atoms with van der Waals surface area (Å²) in [6.07, 6.45) is 1.23. The van der Waals surface area contributed by atoms with Gasteiger partial charge in [-0.3, -0.25) is 4.90 Å². The lowest BCUT2D eigenvalue weighted by Crippen LogP contribution is -2.41. The van der Waals surface area contributed by atoms with E-state index in [9.17, 15) is 17.6 Å². The van der Waals surface area contributed by atoms with Crippen LogP contribution >= 0.6 is 11.6 Å². The van der Waals surface area contributed by atoms with E-state index in [1.54, 1.807) is 13.1 Å². The lowest BCUT2D eigenvalue weighted by Gasteiger charge is -2.31. The molecule has 1 fully saturated rings. The Balaban J connectivity index is 1.52. The van der Waals surface area contributed by atoms with Gasteiger partial charge in [-0.05, 0) is 11.6 Å². The number of piperidine rings is 1. The third-order valence-electron chi connectivity index (χ3n) is 5.77. The van der Waals surface area contributed by atoms with Crippen molar-refractivity contribution in [3.8, 4) is 17.1 Å². The van der Waals surface area contributed by atoms with Crippen molar-refractivity contribution < 1.29 is 22.3 Å². The van der Waals surface area contributed by atoms with Gasteiger partial charge in [-0.2, -0.15) is 13.9 Å². The Morgan fingerprint density at radius 3 is 2.60 bits per heavy atom. The summed E-state index contributed by atoms with van der Waals surface area (Å²) in [5.41, 5.74) is 1.84. The molecule has 0 amide bonds. The zero-order valence-electron chi connectivity index (χ0n) is 19.0. The summed E-state index contributed by atoms with van der Waals surface area (Å²) in [4.78, 5) is 10.3. The fourth-order valence-corrected chi connectivity index (χ4v) is 4.09. The first-order valence-electron chi connectivity index (χ1n) is 11.1. The van der Waals surface area contributed by atoms with Gasteiger partial charge in [0.05, 0.1) is 5.69 Å². The molecule has 188 valence electrons. The van der Waals surface area contributed by atoms with E-state index in [-0.39, 0.29) is 36.1 Å². The number of rotatable bonds is 9. The van der Waals surface area contributed by atoms with Crippen LogP contribution in [0.1, 0.15) is 30.5 Å². The van der Waals surface area contributed by atoms with E-state index in [4.69, 9.17) is 16.3 Å². The number of aromatic nitrogens is 4. The number of nitrogens with zero attached hydrogens (tertiary/aromatic N) is 5. The van der Waals surface area contributed by atoms with Gasteiger partial charge < -0.3 is 10.1 Å². The van der Waals surface area contributed by atoms with Crippen LogP contribution in [-0.4, -0.2) is 63.9 Å². The van der Waals surface area contributed by atoms with E-state index in [0.717, 1.165) is 5.56 Å². The lowest BCUT2D eigenvalue weighted by molar-refractivity contribution is -0.0564. The molecule has 0 aliphatic carbocycles. The fraction of sp³-hybridized carbons (Fsp3) is 0.435. The molecule has 0 radical (unpaired) electrons. The second kappa shape index (κ2) is 10.8. The number of likely N-dealkylation sites (tertiary alicyclic amines) is 1. The minimum Gasteiger partial charge on any atom is -0.492 e. The molecule has 4 rings (SSSR count). The van der Waals surface area contributed by atoms with Crippen LogP contribution < -0.4 is 10.1 Å². The summed E-state index contributed by atoms with van der Waals surface area (Å²) in [5, 5.41) is 6.97. The summed E-state index contributed by atoms with van der Waals surface area (Å²) < 4.78 is 60.2. The van der Waals surface area contributed by atoms with Crippen molar-refractivity contribution in [1.29, 1.82) is 0 Å². The average Bonchev–Trinajstić information content (AvgIpc) is 3.25. The number of halogens is 5.